The Bertz CT molecular complexity index is 374. The second-order valence-corrected chi connectivity index (χ2v) is 4.08. The third kappa shape index (κ3) is 3.07. The molecule has 16 heavy (non-hydrogen) atoms. The monoisotopic (exact) mass is 221 g/mol. The number of carbonyl (C=O) groups is 1. The highest BCUT2D eigenvalue weighted by Gasteiger charge is 2.17. The number of aryl methyl sites for hydroxylation is 2. The summed E-state index contributed by atoms with van der Waals surface area (Å²) in [6, 6.07) is 6.20. The molecule has 1 atom stereocenters. The molecule has 1 aromatic carbocycles. The molecule has 3 nitrogen and oxygen atoms in total. The summed E-state index contributed by atoms with van der Waals surface area (Å²) in [6.07, 6.45) is 0.643. The summed E-state index contributed by atoms with van der Waals surface area (Å²) < 4.78 is 4.71. The van der Waals surface area contributed by atoms with E-state index in [0.29, 0.717) is 13.0 Å². The molecule has 1 aromatic rings. The van der Waals surface area contributed by atoms with Crippen LogP contribution in [0.3, 0.4) is 0 Å². The molecule has 0 saturated carbocycles. The van der Waals surface area contributed by atoms with Crippen LogP contribution in [0.4, 0.5) is 0 Å². The topological polar surface area (TPSA) is 52.3 Å². The van der Waals surface area contributed by atoms with Crippen LogP contribution in [0, 0.1) is 19.8 Å². The lowest BCUT2D eigenvalue weighted by atomic mass is 9.97. The van der Waals surface area contributed by atoms with E-state index in [0.717, 1.165) is 5.56 Å². The van der Waals surface area contributed by atoms with Crippen LogP contribution in [0.15, 0.2) is 18.2 Å². The van der Waals surface area contributed by atoms with E-state index in [-0.39, 0.29) is 11.9 Å². The predicted molar refractivity (Wildman–Crippen MR) is 64.2 cm³/mol. The lowest BCUT2D eigenvalue weighted by molar-refractivity contribution is -0.145. The van der Waals surface area contributed by atoms with Gasteiger partial charge in [-0.15, -0.1) is 0 Å². The minimum absolute atomic E-state index is 0.235. The highest BCUT2D eigenvalue weighted by Crippen LogP contribution is 2.14. The van der Waals surface area contributed by atoms with Crippen LogP contribution in [0.5, 0.6) is 0 Å². The highest BCUT2D eigenvalue weighted by atomic mass is 16.5. The second kappa shape index (κ2) is 5.66. The van der Waals surface area contributed by atoms with E-state index >= 15 is 0 Å². The van der Waals surface area contributed by atoms with Crippen LogP contribution in [0.25, 0.3) is 0 Å². The van der Waals surface area contributed by atoms with Crippen molar-refractivity contribution in [3.8, 4) is 0 Å². The Balaban J connectivity index is 2.78. The van der Waals surface area contributed by atoms with Gasteiger partial charge in [-0.3, -0.25) is 4.79 Å². The maximum absolute atomic E-state index is 11.4. The first-order valence-corrected chi connectivity index (χ1v) is 5.42. The predicted octanol–water partition coefficient (Wildman–Crippen LogP) is 1.59. The summed E-state index contributed by atoms with van der Waals surface area (Å²) in [5.41, 5.74) is 9.18. The van der Waals surface area contributed by atoms with Crippen LogP contribution in [-0.2, 0) is 16.0 Å². The normalized spacial score (nSPS) is 12.2. The van der Waals surface area contributed by atoms with Gasteiger partial charge in [0.15, 0.2) is 0 Å². The van der Waals surface area contributed by atoms with E-state index in [2.05, 4.69) is 26.0 Å². The van der Waals surface area contributed by atoms with Crippen molar-refractivity contribution < 1.29 is 9.53 Å². The first-order valence-electron chi connectivity index (χ1n) is 5.42. The lowest BCUT2D eigenvalue weighted by Gasteiger charge is -2.13. The maximum atomic E-state index is 11.4. The molecule has 0 bridgehead atoms. The first kappa shape index (κ1) is 12.7. The third-order valence-corrected chi connectivity index (χ3v) is 2.87. The number of carbonyl (C=O) groups excluding carboxylic acids is 1. The summed E-state index contributed by atoms with van der Waals surface area (Å²) >= 11 is 0. The van der Waals surface area contributed by atoms with E-state index in [4.69, 9.17) is 10.5 Å². The molecule has 0 heterocycles. The average Bonchev–Trinajstić information content (AvgIpc) is 2.29. The number of hydrogen-bond donors (Lipinski definition) is 1. The molecule has 1 unspecified atom stereocenters. The molecule has 3 heteroatoms. The number of methoxy groups -OCH3 is 1. The van der Waals surface area contributed by atoms with Crippen molar-refractivity contribution in [1.29, 1.82) is 0 Å². The second-order valence-electron chi connectivity index (χ2n) is 4.08. The van der Waals surface area contributed by atoms with Crippen molar-refractivity contribution in [3.05, 3.63) is 34.9 Å². The third-order valence-electron chi connectivity index (χ3n) is 2.87. The Morgan fingerprint density at radius 1 is 1.38 bits per heavy atom. The van der Waals surface area contributed by atoms with Crippen molar-refractivity contribution >= 4 is 5.97 Å². The van der Waals surface area contributed by atoms with Gasteiger partial charge < -0.3 is 10.5 Å². The minimum Gasteiger partial charge on any atom is -0.469 e. The Morgan fingerprint density at radius 2 is 2.06 bits per heavy atom. The lowest BCUT2D eigenvalue weighted by Crippen LogP contribution is -2.26. The Hall–Kier alpha value is -1.35. The molecule has 0 radical (unpaired) electrons. The van der Waals surface area contributed by atoms with Gasteiger partial charge in [0.1, 0.15) is 0 Å². The molecule has 0 fully saturated rings. The van der Waals surface area contributed by atoms with E-state index < -0.39 is 0 Å². The van der Waals surface area contributed by atoms with Gasteiger partial charge in [0.05, 0.1) is 13.0 Å². The summed E-state index contributed by atoms with van der Waals surface area (Å²) in [6.45, 7) is 4.45. The molecule has 0 saturated heterocycles. The number of benzene rings is 1. The number of esters is 1. The molecule has 0 aliphatic heterocycles. The molecule has 0 spiro atoms. The number of nitrogens with two attached hydrogens (primary N) is 1. The van der Waals surface area contributed by atoms with Crippen LogP contribution < -0.4 is 5.73 Å². The smallest absolute Gasteiger partial charge is 0.310 e. The molecule has 0 amide bonds. The summed E-state index contributed by atoms with van der Waals surface area (Å²) in [4.78, 5) is 11.4. The zero-order valence-electron chi connectivity index (χ0n) is 10.1. The summed E-state index contributed by atoms with van der Waals surface area (Å²) in [5, 5.41) is 0. The van der Waals surface area contributed by atoms with Crippen molar-refractivity contribution in [3.63, 3.8) is 0 Å². The zero-order chi connectivity index (χ0) is 12.1. The van der Waals surface area contributed by atoms with Crippen LogP contribution in [0.1, 0.15) is 16.7 Å². The van der Waals surface area contributed by atoms with Gasteiger partial charge in [-0.05, 0) is 37.0 Å². The molecule has 1 rings (SSSR count). The average molecular weight is 221 g/mol. The zero-order valence-corrected chi connectivity index (χ0v) is 10.1. The highest BCUT2D eigenvalue weighted by molar-refractivity contribution is 5.72. The first-order chi connectivity index (χ1) is 7.58. The van der Waals surface area contributed by atoms with Crippen molar-refractivity contribution in [1.82, 2.24) is 0 Å². The van der Waals surface area contributed by atoms with Crippen molar-refractivity contribution in [2.24, 2.45) is 11.7 Å². The molecule has 0 aliphatic rings. The Morgan fingerprint density at radius 3 is 2.56 bits per heavy atom. The minimum atomic E-state index is -0.243. The Kier molecular flexibility index (Phi) is 4.50. The quantitative estimate of drug-likeness (QED) is 0.786. The van der Waals surface area contributed by atoms with Gasteiger partial charge in [-0.1, -0.05) is 18.2 Å². The maximum Gasteiger partial charge on any atom is 0.310 e. The molecule has 0 aliphatic carbocycles. The molecular formula is C13H19NO2. The SMILES string of the molecule is COC(=O)C(CN)Cc1ccc(C)c(C)c1. The molecule has 88 valence electrons. The van der Waals surface area contributed by atoms with Gasteiger partial charge in [0, 0.05) is 6.54 Å². The van der Waals surface area contributed by atoms with Crippen molar-refractivity contribution in [2.75, 3.05) is 13.7 Å². The fraction of sp³-hybridized carbons (Fsp3) is 0.462. The summed E-state index contributed by atoms with van der Waals surface area (Å²) in [5.74, 6) is -0.479. The van der Waals surface area contributed by atoms with E-state index in [9.17, 15) is 4.79 Å². The Labute approximate surface area is 96.6 Å². The van der Waals surface area contributed by atoms with E-state index in [1.807, 2.05) is 6.07 Å². The van der Waals surface area contributed by atoms with Crippen LogP contribution in [0.2, 0.25) is 0 Å². The van der Waals surface area contributed by atoms with E-state index in [1.165, 1.54) is 18.2 Å². The number of ether oxygens (including phenoxy) is 1. The van der Waals surface area contributed by atoms with Crippen LogP contribution in [-0.4, -0.2) is 19.6 Å². The standard InChI is InChI=1S/C13H19NO2/c1-9-4-5-11(6-10(9)2)7-12(8-14)13(15)16-3/h4-6,12H,7-8,14H2,1-3H3. The molecule has 0 aromatic heterocycles. The van der Waals surface area contributed by atoms with Crippen LogP contribution >= 0.6 is 0 Å². The fourth-order valence-electron chi connectivity index (χ4n) is 1.64. The van der Waals surface area contributed by atoms with E-state index in [1.54, 1.807) is 0 Å². The fourth-order valence-corrected chi connectivity index (χ4v) is 1.64. The van der Waals surface area contributed by atoms with Gasteiger partial charge in [0.2, 0.25) is 0 Å². The number of hydrogen-bond acceptors (Lipinski definition) is 3. The van der Waals surface area contributed by atoms with Gasteiger partial charge in [-0.25, -0.2) is 0 Å². The molecule has 2 N–H and O–H groups in total. The van der Waals surface area contributed by atoms with Gasteiger partial charge in [-0.2, -0.15) is 0 Å². The largest absolute Gasteiger partial charge is 0.469 e. The number of rotatable bonds is 4. The van der Waals surface area contributed by atoms with Gasteiger partial charge in [0.25, 0.3) is 0 Å². The van der Waals surface area contributed by atoms with Crippen molar-refractivity contribution in [2.45, 2.75) is 20.3 Å². The van der Waals surface area contributed by atoms with Gasteiger partial charge >= 0.3 is 5.97 Å². The molecular weight excluding hydrogens is 202 g/mol. The summed E-state index contributed by atoms with van der Waals surface area (Å²) in [7, 11) is 1.39.